The number of hydrogen-bond donors (Lipinski definition) is 0. The van der Waals surface area contributed by atoms with Crippen LogP contribution in [0.2, 0.25) is 0 Å². The molecular formula is C77H69N15O11. The number of pyridine rings is 5. The quantitative estimate of drug-likeness (QED) is 0.0684. The number of hydrogen-bond acceptors (Lipinski definition) is 26. The lowest BCUT2D eigenvalue weighted by atomic mass is 10.1. The van der Waals surface area contributed by atoms with E-state index in [2.05, 4.69) is 96.4 Å². The van der Waals surface area contributed by atoms with Crippen molar-refractivity contribution in [3.63, 3.8) is 0 Å². The first kappa shape index (κ1) is 70.7. The zero-order valence-electron chi connectivity index (χ0n) is 57.3. The maximum absolute atomic E-state index is 5.66. The van der Waals surface area contributed by atoms with E-state index < -0.39 is 0 Å². The molecule has 0 aliphatic rings. The summed E-state index contributed by atoms with van der Waals surface area (Å²) >= 11 is 0. The van der Waals surface area contributed by atoms with Crippen molar-refractivity contribution in [2.45, 2.75) is 34.1 Å². The first-order chi connectivity index (χ1) is 50.5. The lowest BCUT2D eigenvalue weighted by molar-refractivity contribution is 0.271. The monoisotopic (exact) mass is 1380 g/mol. The summed E-state index contributed by atoms with van der Waals surface area (Å²) in [6.45, 7) is 9.77. The number of aryl methyl sites for hydroxylation is 1. The van der Waals surface area contributed by atoms with E-state index in [-0.39, 0.29) is 0 Å². The van der Waals surface area contributed by atoms with Gasteiger partial charge >= 0.3 is 0 Å². The van der Waals surface area contributed by atoms with Gasteiger partial charge in [0.1, 0.15) is 23.0 Å². The van der Waals surface area contributed by atoms with Crippen LogP contribution in [-0.2, 0) is 0 Å². The molecule has 0 atom stereocenters. The number of benzene rings is 5. The van der Waals surface area contributed by atoms with Crippen molar-refractivity contribution < 1.29 is 51.0 Å². The third-order valence-corrected chi connectivity index (χ3v) is 14.6. The third kappa shape index (κ3) is 19.4. The Morgan fingerprint density at radius 3 is 1.05 bits per heavy atom. The van der Waals surface area contributed by atoms with Crippen LogP contribution in [0.15, 0.2) is 254 Å². The SMILES string of the molecule is CC(C)COc1ccc(-c2nc(-c3ccncc3)no2)cc1.CCCOc1ccc(-c2nc(-c3ccncc3)no2)cc1.COc1cc(OC)c(-c2nc(-c3ccncc3)no2)cc1OC.COc1ccc(-c2nc(-c3ccncc3)no2)cc1.Cc1ccc(-c2noc(-c3cccnc3)n2)cc1. The highest BCUT2D eigenvalue weighted by Crippen LogP contribution is 2.40. The molecule has 0 N–H and O–H groups in total. The molecule has 26 nitrogen and oxygen atoms in total. The molecule has 0 spiro atoms. The molecule has 5 aromatic carbocycles. The second-order valence-electron chi connectivity index (χ2n) is 22.4. The van der Waals surface area contributed by atoms with Gasteiger partial charge in [0.25, 0.3) is 29.5 Å². The van der Waals surface area contributed by atoms with Gasteiger partial charge in [-0.05, 0) is 153 Å². The van der Waals surface area contributed by atoms with Crippen LogP contribution >= 0.6 is 0 Å². The zero-order valence-corrected chi connectivity index (χ0v) is 57.3. The fourth-order valence-corrected chi connectivity index (χ4v) is 9.28. The van der Waals surface area contributed by atoms with Gasteiger partial charge in [-0.2, -0.15) is 24.9 Å². The Hall–Kier alpha value is -13.7. The molecule has 0 aliphatic heterocycles. The second-order valence-corrected chi connectivity index (χ2v) is 22.4. The topological polar surface area (TPSA) is 314 Å². The Morgan fingerprint density at radius 2 is 0.680 bits per heavy atom. The molecule has 15 aromatic rings. The van der Waals surface area contributed by atoms with Crippen molar-refractivity contribution in [3.8, 4) is 149 Å². The largest absolute Gasteiger partial charge is 0.497 e. The predicted octanol–water partition coefficient (Wildman–Crippen LogP) is 16.2. The van der Waals surface area contributed by atoms with Crippen LogP contribution in [0.1, 0.15) is 32.8 Å². The molecule has 0 amide bonds. The van der Waals surface area contributed by atoms with Gasteiger partial charge in [0.05, 0.1) is 52.8 Å². The van der Waals surface area contributed by atoms with Gasteiger partial charge in [-0.1, -0.05) is 76.4 Å². The molecule has 0 fully saturated rings. The van der Waals surface area contributed by atoms with Crippen LogP contribution < -0.4 is 28.4 Å². The van der Waals surface area contributed by atoms with E-state index in [9.17, 15) is 0 Å². The first-order valence-electron chi connectivity index (χ1n) is 32.2. The van der Waals surface area contributed by atoms with Crippen molar-refractivity contribution in [2.24, 2.45) is 5.92 Å². The van der Waals surface area contributed by atoms with E-state index in [1.807, 2.05) is 153 Å². The molecule has 10 aromatic heterocycles. The molecule has 26 heteroatoms. The summed E-state index contributed by atoms with van der Waals surface area (Å²) in [6.07, 6.45) is 17.9. The normalized spacial score (nSPS) is 10.5. The van der Waals surface area contributed by atoms with Gasteiger partial charge < -0.3 is 51.0 Å². The van der Waals surface area contributed by atoms with E-state index in [0.29, 0.717) is 101 Å². The number of ether oxygens (including phenoxy) is 6. The van der Waals surface area contributed by atoms with Gasteiger partial charge in [-0.15, -0.1) is 0 Å². The summed E-state index contributed by atoms with van der Waals surface area (Å²) in [7, 11) is 6.31. The highest BCUT2D eigenvalue weighted by molar-refractivity contribution is 5.70. The predicted molar refractivity (Wildman–Crippen MR) is 382 cm³/mol. The highest BCUT2D eigenvalue weighted by Gasteiger charge is 2.20. The summed E-state index contributed by atoms with van der Waals surface area (Å²) < 4.78 is 58.7. The van der Waals surface area contributed by atoms with E-state index in [1.54, 1.807) is 115 Å². The van der Waals surface area contributed by atoms with Crippen LogP contribution in [0.25, 0.3) is 114 Å². The minimum absolute atomic E-state index is 0.328. The van der Waals surface area contributed by atoms with E-state index in [0.717, 1.165) is 73.7 Å². The molecular weight excluding hydrogens is 1310 g/mol. The Bertz CT molecular complexity index is 4990. The summed E-state index contributed by atoms with van der Waals surface area (Å²) in [6, 6.07) is 52.6. The maximum atomic E-state index is 5.66. The van der Waals surface area contributed by atoms with Gasteiger partial charge in [0, 0.05) is 119 Å². The molecule has 0 radical (unpaired) electrons. The maximum Gasteiger partial charge on any atom is 0.262 e. The average Bonchev–Trinajstić information content (AvgIpc) is 1.71. The van der Waals surface area contributed by atoms with Crippen LogP contribution in [0.3, 0.4) is 0 Å². The van der Waals surface area contributed by atoms with Gasteiger partial charge in [0.2, 0.25) is 29.1 Å². The molecule has 0 unspecified atom stereocenters. The minimum atomic E-state index is 0.328. The van der Waals surface area contributed by atoms with Crippen molar-refractivity contribution in [1.82, 2.24) is 75.6 Å². The van der Waals surface area contributed by atoms with E-state index >= 15 is 0 Å². The van der Waals surface area contributed by atoms with Crippen LogP contribution in [0, 0.1) is 12.8 Å². The molecule has 0 saturated carbocycles. The van der Waals surface area contributed by atoms with Crippen molar-refractivity contribution in [1.29, 1.82) is 0 Å². The minimum Gasteiger partial charge on any atom is -0.497 e. The number of rotatable bonds is 20. The Labute approximate surface area is 591 Å². The molecule has 10 heterocycles. The smallest absolute Gasteiger partial charge is 0.262 e. The lowest BCUT2D eigenvalue weighted by Crippen LogP contribution is -2.04. The van der Waals surface area contributed by atoms with Crippen LogP contribution in [0.5, 0.6) is 34.5 Å². The summed E-state index contributed by atoms with van der Waals surface area (Å²) in [5.41, 5.74) is 9.62. The fraction of sp³-hybridized carbons (Fsp3) is 0.156. The molecule has 0 bridgehead atoms. The lowest BCUT2D eigenvalue weighted by Gasteiger charge is -2.11. The van der Waals surface area contributed by atoms with E-state index in [1.165, 1.54) is 5.56 Å². The van der Waals surface area contributed by atoms with Crippen molar-refractivity contribution in [2.75, 3.05) is 41.7 Å². The Kier molecular flexibility index (Phi) is 24.5. The summed E-state index contributed by atoms with van der Waals surface area (Å²) in [5.74, 6) is 9.62. The molecule has 518 valence electrons. The highest BCUT2D eigenvalue weighted by atomic mass is 16.5. The molecule has 103 heavy (non-hydrogen) atoms. The second kappa shape index (κ2) is 35.7. The first-order valence-corrected chi connectivity index (χ1v) is 32.2. The van der Waals surface area contributed by atoms with Crippen molar-refractivity contribution >= 4 is 0 Å². The number of nitrogens with zero attached hydrogens (tertiary/aromatic N) is 15. The number of aromatic nitrogens is 15. The Balaban J connectivity index is 0.000000129. The van der Waals surface area contributed by atoms with Gasteiger partial charge in [-0.3, -0.25) is 24.9 Å². The zero-order chi connectivity index (χ0) is 71.5. The standard InChI is InChI=1S/C17H17N3O2.C16H15N3O4.C16H15N3O2.C14H11N3O2.C14H11N3O/c1-12(2)11-21-15-5-3-14(4-6-15)17-19-16(20-22-17)13-7-9-18-10-8-13;1-20-12-9-14(22-3)13(21-2)8-11(12)16-18-15(19-23-16)10-4-6-17-7-5-10;1-2-11-20-14-5-3-13(4-6-14)16-18-15(19-21-16)12-7-9-17-10-8-12;1-18-12-4-2-11(3-5-12)14-16-13(17-19-14)10-6-8-15-9-7-10;1-10-4-6-11(7-5-10)13-16-14(18-17-13)12-3-2-8-15-9-12/h3-10,12H,11H2,1-2H3;4-9H,1-3H3;3-10H,2,11H2,1H3;2-9H,1H3;2-9H,1H3. The van der Waals surface area contributed by atoms with E-state index in [4.69, 9.17) is 51.0 Å². The van der Waals surface area contributed by atoms with Gasteiger partial charge in [0.15, 0.2) is 11.5 Å². The Morgan fingerprint density at radius 1 is 0.330 bits per heavy atom. The summed E-state index contributed by atoms with van der Waals surface area (Å²) in [4.78, 5) is 41.8. The average molecular weight is 1380 g/mol. The molecule has 0 aliphatic carbocycles. The molecule has 15 rings (SSSR count). The summed E-state index contributed by atoms with van der Waals surface area (Å²) in [5, 5.41) is 19.9. The van der Waals surface area contributed by atoms with Crippen LogP contribution in [-0.4, -0.2) is 117 Å². The molecule has 0 saturated heterocycles. The third-order valence-electron chi connectivity index (χ3n) is 14.6. The van der Waals surface area contributed by atoms with Crippen LogP contribution in [0.4, 0.5) is 0 Å². The number of methoxy groups -OCH3 is 4. The fourth-order valence-electron chi connectivity index (χ4n) is 9.28. The van der Waals surface area contributed by atoms with Gasteiger partial charge in [-0.25, -0.2) is 0 Å². The van der Waals surface area contributed by atoms with Crippen molar-refractivity contribution in [3.05, 3.63) is 237 Å².